The maximum atomic E-state index is 12.8. The van der Waals surface area contributed by atoms with E-state index in [9.17, 15) is 14.4 Å². The molecular weight excluding hydrogens is 829 g/mol. The van der Waals surface area contributed by atoms with Gasteiger partial charge >= 0.3 is 17.9 Å². The molecule has 6 nitrogen and oxygen atoms in total. The average molecular weight is 940 g/mol. The molecular formula is C61H110O6. The van der Waals surface area contributed by atoms with Gasteiger partial charge in [-0.1, -0.05) is 249 Å². The predicted molar refractivity (Wildman–Crippen MR) is 289 cm³/mol. The highest BCUT2D eigenvalue weighted by atomic mass is 16.6. The van der Waals surface area contributed by atoms with E-state index < -0.39 is 6.10 Å². The first-order valence-electron chi connectivity index (χ1n) is 29.1. The van der Waals surface area contributed by atoms with Gasteiger partial charge in [0.05, 0.1) is 0 Å². The lowest BCUT2D eigenvalue weighted by Gasteiger charge is -2.18. The molecule has 0 spiro atoms. The minimum Gasteiger partial charge on any atom is -0.462 e. The molecule has 0 aromatic carbocycles. The SMILES string of the molecule is CCCCC/C=C\C/C=C\C/C=C\CCCCCCC(=O)OC[C@H](COC(=O)CCCCCCCCCCCCCCCCCCCCC)OC(=O)CCCCCCC/C=C\CCCCCC. The summed E-state index contributed by atoms with van der Waals surface area (Å²) < 4.78 is 16.9. The van der Waals surface area contributed by atoms with Crippen LogP contribution >= 0.6 is 0 Å². The van der Waals surface area contributed by atoms with Crippen molar-refractivity contribution in [3.05, 3.63) is 48.6 Å². The number of allylic oxidation sites excluding steroid dienone is 8. The Labute approximate surface area is 416 Å². The van der Waals surface area contributed by atoms with Gasteiger partial charge in [-0.3, -0.25) is 14.4 Å². The van der Waals surface area contributed by atoms with Gasteiger partial charge in [0.1, 0.15) is 13.2 Å². The lowest BCUT2D eigenvalue weighted by Crippen LogP contribution is -2.30. The van der Waals surface area contributed by atoms with E-state index in [-0.39, 0.29) is 31.1 Å². The molecule has 6 heteroatoms. The molecule has 390 valence electrons. The van der Waals surface area contributed by atoms with Crippen LogP contribution in [0.1, 0.15) is 303 Å². The van der Waals surface area contributed by atoms with Crippen LogP contribution in [-0.4, -0.2) is 37.2 Å². The fraction of sp³-hybridized carbons (Fsp3) is 0.820. The maximum absolute atomic E-state index is 12.8. The van der Waals surface area contributed by atoms with E-state index in [2.05, 4.69) is 69.4 Å². The van der Waals surface area contributed by atoms with Crippen LogP contribution in [0.4, 0.5) is 0 Å². The fourth-order valence-electron chi connectivity index (χ4n) is 8.39. The van der Waals surface area contributed by atoms with Crippen molar-refractivity contribution in [1.82, 2.24) is 0 Å². The minimum absolute atomic E-state index is 0.0808. The molecule has 0 amide bonds. The molecule has 0 aromatic heterocycles. The van der Waals surface area contributed by atoms with Crippen molar-refractivity contribution in [2.45, 2.75) is 309 Å². The summed E-state index contributed by atoms with van der Waals surface area (Å²) in [6.07, 6.45) is 68.1. The fourth-order valence-corrected chi connectivity index (χ4v) is 8.39. The Balaban J connectivity index is 4.35. The Morgan fingerprint density at radius 2 is 0.537 bits per heavy atom. The number of unbranched alkanes of at least 4 members (excludes halogenated alkanes) is 34. The van der Waals surface area contributed by atoms with Crippen LogP contribution in [0.3, 0.4) is 0 Å². The van der Waals surface area contributed by atoms with Crippen molar-refractivity contribution < 1.29 is 28.6 Å². The molecule has 0 radical (unpaired) electrons. The summed E-state index contributed by atoms with van der Waals surface area (Å²) in [5.41, 5.74) is 0. The maximum Gasteiger partial charge on any atom is 0.306 e. The third kappa shape index (κ3) is 54.2. The molecule has 0 aliphatic heterocycles. The van der Waals surface area contributed by atoms with Crippen molar-refractivity contribution in [1.29, 1.82) is 0 Å². The Kier molecular flexibility index (Phi) is 53.8. The first-order chi connectivity index (χ1) is 33.0. The Bertz CT molecular complexity index is 1170. The molecule has 0 aliphatic rings. The lowest BCUT2D eigenvalue weighted by molar-refractivity contribution is -0.167. The summed E-state index contributed by atoms with van der Waals surface area (Å²) >= 11 is 0. The molecule has 0 unspecified atom stereocenters. The first-order valence-corrected chi connectivity index (χ1v) is 29.1. The number of carbonyl (C=O) groups is 3. The second-order valence-corrected chi connectivity index (χ2v) is 19.6. The van der Waals surface area contributed by atoms with Gasteiger partial charge in [0.15, 0.2) is 6.10 Å². The first kappa shape index (κ1) is 64.4. The van der Waals surface area contributed by atoms with Gasteiger partial charge in [0, 0.05) is 19.3 Å². The van der Waals surface area contributed by atoms with E-state index in [1.165, 1.54) is 167 Å². The van der Waals surface area contributed by atoms with Crippen molar-refractivity contribution in [3.63, 3.8) is 0 Å². The quantitative estimate of drug-likeness (QED) is 0.0262. The standard InChI is InChI=1S/C61H110O6/c1-4-7-10-13-16-19-22-25-27-29-30-32-34-37-39-42-45-48-51-54-60(63)66-57-58(67-61(64)55-52-49-46-43-40-35-24-21-18-15-12-9-6-3)56-65-59(62)53-50-47-44-41-38-36-33-31-28-26-23-20-17-14-11-8-5-2/h17,20-21,24,26,28,33,36,58H,4-16,18-19,22-23,25,27,29-32,34-35,37-57H2,1-3H3/b20-17-,24-21-,28-26-,36-33-/t58-/m1/s1. The van der Waals surface area contributed by atoms with Crippen molar-refractivity contribution in [2.24, 2.45) is 0 Å². The summed E-state index contributed by atoms with van der Waals surface area (Å²) in [6.45, 7) is 6.61. The van der Waals surface area contributed by atoms with Crippen LogP contribution < -0.4 is 0 Å². The second kappa shape index (κ2) is 56.0. The van der Waals surface area contributed by atoms with Crippen LogP contribution in [0.5, 0.6) is 0 Å². The number of carbonyl (C=O) groups excluding carboxylic acids is 3. The predicted octanol–water partition coefficient (Wildman–Crippen LogP) is 19.4. The Hall–Kier alpha value is -2.63. The molecule has 1 atom stereocenters. The van der Waals surface area contributed by atoms with Gasteiger partial charge in [-0.25, -0.2) is 0 Å². The summed E-state index contributed by atoms with van der Waals surface area (Å²) in [5, 5.41) is 0. The molecule has 0 saturated carbocycles. The van der Waals surface area contributed by atoms with Crippen LogP contribution in [0, 0.1) is 0 Å². The summed E-state index contributed by atoms with van der Waals surface area (Å²) in [4.78, 5) is 38.1. The zero-order valence-electron chi connectivity index (χ0n) is 44.7. The molecule has 0 heterocycles. The zero-order valence-corrected chi connectivity index (χ0v) is 44.7. The highest BCUT2D eigenvalue weighted by molar-refractivity contribution is 5.71. The highest BCUT2D eigenvalue weighted by Gasteiger charge is 2.19. The van der Waals surface area contributed by atoms with Gasteiger partial charge in [-0.15, -0.1) is 0 Å². The molecule has 0 aliphatic carbocycles. The van der Waals surface area contributed by atoms with Crippen LogP contribution in [0.25, 0.3) is 0 Å². The van der Waals surface area contributed by atoms with E-state index in [1.807, 2.05) is 0 Å². The average Bonchev–Trinajstić information content (AvgIpc) is 3.33. The number of rotatable bonds is 53. The van der Waals surface area contributed by atoms with Crippen molar-refractivity contribution in [2.75, 3.05) is 13.2 Å². The van der Waals surface area contributed by atoms with E-state index in [0.717, 1.165) is 96.3 Å². The van der Waals surface area contributed by atoms with Crippen molar-refractivity contribution >= 4 is 17.9 Å². The number of ether oxygens (including phenoxy) is 3. The summed E-state index contributed by atoms with van der Waals surface area (Å²) in [6, 6.07) is 0. The molecule has 0 N–H and O–H groups in total. The van der Waals surface area contributed by atoms with Gasteiger partial charge in [-0.05, 0) is 83.5 Å². The normalized spacial score (nSPS) is 12.3. The smallest absolute Gasteiger partial charge is 0.306 e. The van der Waals surface area contributed by atoms with Gasteiger partial charge < -0.3 is 14.2 Å². The van der Waals surface area contributed by atoms with E-state index in [4.69, 9.17) is 14.2 Å². The Morgan fingerprint density at radius 1 is 0.299 bits per heavy atom. The lowest BCUT2D eigenvalue weighted by atomic mass is 10.0. The van der Waals surface area contributed by atoms with Crippen molar-refractivity contribution in [3.8, 4) is 0 Å². The van der Waals surface area contributed by atoms with E-state index >= 15 is 0 Å². The second-order valence-electron chi connectivity index (χ2n) is 19.6. The third-order valence-electron chi connectivity index (χ3n) is 12.8. The summed E-state index contributed by atoms with van der Waals surface area (Å²) in [5.74, 6) is -0.898. The van der Waals surface area contributed by atoms with Crippen LogP contribution in [0.2, 0.25) is 0 Å². The van der Waals surface area contributed by atoms with E-state index in [1.54, 1.807) is 0 Å². The minimum atomic E-state index is -0.784. The molecule has 67 heavy (non-hydrogen) atoms. The zero-order chi connectivity index (χ0) is 48.6. The molecule has 0 rings (SSSR count). The number of hydrogen-bond donors (Lipinski definition) is 0. The topological polar surface area (TPSA) is 78.9 Å². The van der Waals surface area contributed by atoms with E-state index in [0.29, 0.717) is 19.3 Å². The van der Waals surface area contributed by atoms with Gasteiger partial charge in [0.25, 0.3) is 0 Å². The summed E-state index contributed by atoms with van der Waals surface area (Å²) in [7, 11) is 0. The number of esters is 3. The van der Waals surface area contributed by atoms with Gasteiger partial charge in [-0.2, -0.15) is 0 Å². The molecule has 0 saturated heterocycles. The largest absolute Gasteiger partial charge is 0.462 e. The third-order valence-corrected chi connectivity index (χ3v) is 12.8. The monoisotopic (exact) mass is 939 g/mol. The van der Waals surface area contributed by atoms with Crippen LogP contribution in [-0.2, 0) is 28.6 Å². The molecule has 0 aromatic rings. The Morgan fingerprint density at radius 3 is 0.896 bits per heavy atom. The highest BCUT2D eigenvalue weighted by Crippen LogP contribution is 2.16. The number of hydrogen-bond acceptors (Lipinski definition) is 6. The molecule has 0 bridgehead atoms. The molecule has 0 fully saturated rings. The van der Waals surface area contributed by atoms with Crippen LogP contribution in [0.15, 0.2) is 48.6 Å². The van der Waals surface area contributed by atoms with Gasteiger partial charge in [0.2, 0.25) is 0 Å².